The van der Waals surface area contributed by atoms with Crippen LogP contribution >= 0.6 is 0 Å². The summed E-state index contributed by atoms with van der Waals surface area (Å²) in [5, 5.41) is 19.0. The van der Waals surface area contributed by atoms with Gasteiger partial charge in [0.2, 0.25) is 0 Å². The third-order valence-corrected chi connectivity index (χ3v) is 3.41. The minimum absolute atomic E-state index is 0.0445. The molecule has 0 bridgehead atoms. The van der Waals surface area contributed by atoms with Gasteiger partial charge in [0.05, 0.1) is 27.1 Å². The van der Waals surface area contributed by atoms with Gasteiger partial charge in [-0.1, -0.05) is 12.1 Å². The number of benzene rings is 2. The number of esters is 2. The van der Waals surface area contributed by atoms with Crippen molar-refractivity contribution in [1.82, 2.24) is 0 Å². The van der Waals surface area contributed by atoms with E-state index in [0.717, 1.165) is 0 Å². The summed E-state index contributed by atoms with van der Waals surface area (Å²) in [5.41, 5.74) is 1.08. The Kier molecular flexibility index (Phi) is 5.84. The summed E-state index contributed by atoms with van der Waals surface area (Å²) in [6.45, 7) is 0. The molecule has 0 saturated heterocycles. The molecule has 7 heteroatoms. The molecule has 0 amide bonds. The SMILES string of the molecule is COc1cc(CC(=O)OC(=O)Cc2ccc(O)c(OC)c2)ccc1O. The summed E-state index contributed by atoms with van der Waals surface area (Å²) in [7, 11) is 2.79. The molecule has 2 aromatic rings. The van der Waals surface area contributed by atoms with Crippen LogP contribution in [0.3, 0.4) is 0 Å². The molecule has 0 aliphatic heterocycles. The average molecular weight is 346 g/mol. The van der Waals surface area contributed by atoms with Crippen LogP contribution in [-0.2, 0) is 27.2 Å². The molecule has 0 radical (unpaired) electrons. The summed E-state index contributed by atoms with van der Waals surface area (Å²) in [6, 6.07) is 8.85. The van der Waals surface area contributed by atoms with Gasteiger partial charge in [0, 0.05) is 0 Å². The van der Waals surface area contributed by atoms with Crippen LogP contribution in [0.25, 0.3) is 0 Å². The highest BCUT2D eigenvalue weighted by Crippen LogP contribution is 2.27. The quantitative estimate of drug-likeness (QED) is 0.609. The maximum atomic E-state index is 11.9. The van der Waals surface area contributed by atoms with Crippen LogP contribution in [-0.4, -0.2) is 36.4 Å². The van der Waals surface area contributed by atoms with E-state index in [9.17, 15) is 19.8 Å². The zero-order valence-corrected chi connectivity index (χ0v) is 13.8. The number of rotatable bonds is 6. The van der Waals surface area contributed by atoms with Crippen molar-refractivity contribution < 1.29 is 34.0 Å². The van der Waals surface area contributed by atoms with Crippen LogP contribution < -0.4 is 9.47 Å². The fraction of sp³-hybridized carbons (Fsp3) is 0.222. The fourth-order valence-corrected chi connectivity index (χ4v) is 2.20. The summed E-state index contributed by atoms with van der Waals surface area (Å²) in [6.07, 6.45) is -0.275. The predicted molar refractivity (Wildman–Crippen MR) is 87.8 cm³/mol. The summed E-state index contributed by atoms with van der Waals surface area (Å²) in [4.78, 5) is 23.7. The van der Waals surface area contributed by atoms with Crippen LogP contribution in [0, 0.1) is 0 Å². The van der Waals surface area contributed by atoms with Crippen molar-refractivity contribution in [2.24, 2.45) is 0 Å². The van der Waals surface area contributed by atoms with Crippen LogP contribution in [0.15, 0.2) is 36.4 Å². The van der Waals surface area contributed by atoms with Crippen molar-refractivity contribution in [3.8, 4) is 23.0 Å². The van der Waals surface area contributed by atoms with Gasteiger partial charge in [0.15, 0.2) is 23.0 Å². The van der Waals surface area contributed by atoms with E-state index in [1.54, 1.807) is 0 Å². The molecule has 2 N–H and O–H groups in total. The average Bonchev–Trinajstić information content (AvgIpc) is 2.58. The third-order valence-electron chi connectivity index (χ3n) is 3.41. The molecule has 2 rings (SSSR count). The second-order valence-corrected chi connectivity index (χ2v) is 5.21. The van der Waals surface area contributed by atoms with Crippen molar-refractivity contribution in [2.75, 3.05) is 14.2 Å². The number of phenolic OH excluding ortho intramolecular Hbond substituents is 2. The molecule has 25 heavy (non-hydrogen) atoms. The number of ether oxygens (including phenoxy) is 3. The standard InChI is InChI=1S/C18H18O7/c1-23-15-7-11(3-5-13(15)19)9-17(21)25-18(22)10-12-4-6-14(20)16(8-12)24-2/h3-8,19-20H,9-10H2,1-2H3. The van der Waals surface area contributed by atoms with Crippen molar-refractivity contribution in [3.63, 3.8) is 0 Å². The molecule has 0 aliphatic carbocycles. The van der Waals surface area contributed by atoms with Gasteiger partial charge in [-0.15, -0.1) is 0 Å². The highest BCUT2D eigenvalue weighted by atomic mass is 16.6. The largest absolute Gasteiger partial charge is 0.504 e. The van der Waals surface area contributed by atoms with Gasteiger partial charge in [-0.05, 0) is 35.4 Å². The van der Waals surface area contributed by atoms with E-state index in [4.69, 9.17) is 14.2 Å². The van der Waals surface area contributed by atoms with Gasteiger partial charge in [0.1, 0.15) is 0 Å². The number of hydrogen-bond acceptors (Lipinski definition) is 7. The highest BCUT2D eigenvalue weighted by molar-refractivity contribution is 5.87. The van der Waals surface area contributed by atoms with Crippen LogP contribution in [0.1, 0.15) is 11.1 Å². The first-order valence-electron chi connectivity index (χ1n) is 7.38. The fourth-order valence-electron chi connectivity index (χ4n) is 2.20. The van der Waals surface area contributed by atoms with E-state index >= 15 is 0 Å². The molecule has 0 aliphatic rings. The maximum Gasteiger partial charge on any atom is 0.317 e. The molecule has 0 aromatic heterocycles. The van der Waals surface area contributed by atoms with Gasteiger partial charge in [-0.2, -0.15) is 0 Å². The molecule has 0 atom stereocenters. The molecule has 0 spiro atoms. The van der Waals surface area contributed by atoms with Crippen LogP contribution in [0.5, 0.6) is 23.0 Å². The number of methoxy groups -OCH3 is 2. The normalized spacial score (nSPS) is 10.2. The third kappa shape index (κ3) is 4.87. The van der Waals surface area contributed by atoms with Gasteiger partial charge >= 0.3 is 11.9 Å². The second-order valence-electron chi connectivity index (χ2n) is 5.21. The monoisotopic (exact) mass is 346 g/mol. The van der Waals surface area contributed by atoms with Crippen LogP contribution in [0.4, 0.5) is 0 Å². The van der Waals surface area contributed by atoms with Gasteiger partial charge in [-0.3, -0.25) is 9.59 Å². The summed E-state index contributed by atoms with van der Waals surface area (Å²) >= 11 is 0. The number of hydrogen-bond donors (Lipinski definition) is 2. The van der Waals surface area contributed by atoms with Crippen molar-refractivity contribution in [3.05, 3.63) is 47.5 Å². The lowest BCUT2D eigenvalue weighted by atomic mass is 10.1. The molecule has 0 fully saturated rings. The van der Waals surface area contributed by atoms with E-state index in [-0.39, 0.29) is 35.8 Å². The zero-order chi connectivity index (χ0) is 18.4. The Hall–Kier alpha value is -3.22. The van der Waals surface area contributed by atoms with Crippen molar-refractivity contribution in [1.29, 1.82) is 0 Å². The smallest absolute Gasteiger partial charge is 0.317 e. The molecule has 7 nitrogen and oxygen atoms in total. The Morgan fingerprint density at radius 1 is 0.800 bits per heavy atom. The minimum Gasteiger partial charge on any atom is -0.504 e. The van der Waals surface area contributed by atoms with E-state index < -0.39 is 11.9 Å². The summed E-state index contributed by atoms with van der Waals surface area (Å²) < 4.78 is 14.7. The van der Waals surface area contributed by atoms with E-state index in [2.05, 4.69) is 0 Å². The molecule has 0 unspecified atom stereocenters. The minimum atomic E-state index is -0.719. The lowest BCUT2D eigenvalue weighted by Gasteiger charge is -2.08. The first kappa shape index (κ1) is 18.1. The zero-order valence-electron chi connectivity index (χ0n) is 13.8. The molecule has 132 valence electrons. The molecule has 0 saturated carbocycles. The number of carbonyl (C=O) groups is 2. The number of aromatic hydroxyl groups is 2. The molecular weight excluding hydrogens is 328 g/mol. The molecular formula is C18H18O7. The van der Waals surface area contributed by atoms with E-state index in [1.807, 2.05) is 0 Å². The van der Waals surface area contributed by atoms with E-state index in [0.29, 0.717) is 11.1 Å². The predicted octanol–water partition coefficient (Wildman–Crippen LogP) is 1.97. The lowest BCUT2D eigenvalue weighted by molar-refractivity contribution is -0.158. The first-order chi connectivity index (χ1) is 11.9. The van der Waals surface area contributed by atoms with Gasteiger partial charge < -0.3 is 24.4 Å². The highest BCUT2D eigenvalue weighted by Gasteiger charge is 2.14. The number of carbonyl (C=O) groups excluding carboxylic acids is 2. The van der Waals surface area contributed by atoms with Gasteiger partial charge in [0.25, 0.3) is 0 Å². The van der Waals surface area contributed by atoms with Crippen molar-refractivity contribution in [2.45, 2.75) is 12.8 Å². The Labute approximate surface area is 144 Å². The Balaban J connectivity index is 1.95. The summed E-state index contributed by atoms with van der Waals surface area (Å²) in [5.74, 6) is -1.07. The Bertz CT molecular complexity index is 717. The lowest BCUT2D eigenvalue weighted by Crippen LogP contribution is -2.16. The molecule has 0 heterocycles. The van der Waals surface area contributed by atoms with Gasteiger partial charge in [-0.25, -0.2) is 0 Å². The Morgan fingerprint density at radius 3 is 1.56 bits per heavy atom. The Morgan fingerprint density at radius 2 is 1.20 bits per heavy atom. The van der Waals surface area contributed by atoms with Crippen molar-refractivity contribution >= 4 is 11.9 Å². The maximum absolute atomic E-state index is 11.9. The number of phenols is 2. The van der Waals surface area contributed by atoms with E-state index in [1.165, 1.54) is 50.6 Å². The second kappa shape index (κ2) is 8.05. The molecule has 2 aromatic carbocycles. The first-order valence-corrected chi connectivity index (χ1v) is 7.38. The van der Waals surface area contributed by atoms with Crippen LogP contribution in [0.2, 0.25) is 0 Å². The topological polar surface area (TPSA) is 102 Å².